The average molecular weight is 353 g/mol. The Kier molecular flexibility index (Phi) is 25.4. The van der Waals surface area contributed by atoms with Gasteiger partial charge in [0.1, 0.15) is 0 Å². The van der Waals surface area contributed by atoms with E-state index < -0.39 is 0 Å². The normalized spacial score (nSPS) is 10.5. The van der Waals surface area contributed by atoms with Crippen molar-refractivity contribution in [3.63, 3.8) is 0 Å². The molecule has 6 nitrogen and oxygen atoms in total. The van der Waals surface area contributed by atoms with Crippen molar-refractivity contribution < 1.29 is 44.4 Å². The van der Waals surface area contributed by atoms with Gasteiger partial charge in [-0.25, -0.2) is 0 Å². The number of ketones is 2. The van der Waals surface area contributed by atoms with E-state index in [1.807, 2.05) is 19.0 Å². The van der Waals surface area contributed by atoms with E-state index in [-0.39, 0.29) is 49.2 Å². The Labute approximate surface area is 139 Å². The van der Waals surface area contributed by atoms with Gasteiger partial charge in [0.25, 0.3) is 0 Å². The summed E-state index contributed by atoms with van der Waals surface area (Å²) in [5.41, 5.74) is 0. The van der Waals surface area contributed by atoms with E-state index in [1.54, 1.807) is 0 Å². The van der Waals surface area contributed by atoms with Crippen molar-refractivity contribution in [1.82, 2.24) is 4.90 Å². The fourth-order valence-corrected chi connectivity index (χ4v) is 0.772. The summed E-state index contributed by atoms with van der Waals surface area (Å²) in [6, 6.07) is 0. The number of allylic oxidation sites excluding steroid dienone is 4. The molecule has 0 aromatic carbocycles. The van der Waals surface area contributed by atoms with E-state index in [1.165, 1.54) is 27.7 Å². The molecule has 0 aromatic heterocycles. The van der Waals surface area contributed by atoms with E-state index in [0.29, 0.717) is 0 Å². The summed E-state index contributed by atoms with van der Waals surface area (Å²) in [6.45, 7) is 6.42. The largest absolute Gasteiger partial charge is 2.00 e. The number of aliphatic hydroxyl groups is 1. The molecule has 0 amide bonds. The summed E-state index contributed by atoms with van der Waals surface area (Å²) in [6.07, 6.45) is 2.11. The van der Waals surface area contributed by atoms with Gasteiger partial charge in [0, 0.05) is 6.54 Å². The number of hydrogen-bond donors (Lipinski definition) is 1. The zero-order chi connectivity index (χ0) is 16.7. The molecule has 0 saturated carbocycles. The van der Waals surface area contributed by atoms with E-state index in [2.05, 4.69) is 0 Å². The molecule has 21 heavy (non-hydrogen) atoms. The summed E-state index contributed by atoms with van der Waals surface area (Å²) in [4.78, 5) is 21.9. The number of carbonyl (C=O) groups is 2. The molecule has 0 unspecified atom stereocenters. The van der Waals surface area contributed by atoms with E-state index in [4.69, 9.17) is 5.11 Å². The van der Waals surface area contributed by atoms with Crippen molar-refractivity contribution in [3.8, 4) is 0 Å². The Hall–Kier alpha value is -1.04. The molecule has 0 aliphatic heterocycles. The minimum absolute atomic E-state index is 0. The summed E-state index contributed by atoms with van der Waals surface area (Å²) in [5.74, 6) is -0.750. The van der Waals surface area contributed by atoms with Gasteiger partial charge in [0.05, 0.1) is 6.61 Å². The molecule has 7 heteroatoms. The van der Waals surface area contributed by atoms with Crippen LogP contribution in [0, 0.1) is 0 Å². The van der Waals surface area contributed by atoms with Crippen LogP contribution < -0.4 is 10.2 Å². The van der Waals surface area contributed by atoms with Crippen LogP contribution >= 0.6 is 0 Å². The van der Waals surface area contributed by atoms with Crippen LogP contribution in [-0.4, -0.2) is 48.8 Å². The van der Waals surface area contributed by atoms with Crippen molar-refractivity contribution in [3.05, 3.63) is 23.7 Å². The number of aliphatic hydroxyl groups excluding tert-OH is 1. The maximum atomic E-state index is 9.98. The van der Waals surface area contributed by atoms with Gasteiger partial charge in [0.2, 0.25) is 0 Å². The van der Waals surface area contributed by atoms with Crippen LogP contribution in [0.5, 0.6) is 0 Å². The van der Waals surface area contributed by atoms with E-state index in [9.17, 15) is 19.8 Å². The second-order valence-electron chi connectivity index (χ2n) is 4.26. The van der Waals surface area contributed by atoms with Gasteiger partial charge in [-0.15, -0.1) is 11.5 Å². The number of carbonyl (C=O) groups excluding carboxylic acids is 2. The molecule has 0 aliphatic rings. The molecule has 0 bridgehead atoms. The van der Waals surface area contributed by atoms with Crippen LogP contribution in [0.4, 0.5) is 0 Å². The number of likely N-dealkylation sites (N-methyl/N-ethyl adjacent to an activating group) is 1. The molecule has 0 rings (SSSR count). The third-order valence-corrected chi connectivity index (χ3v) is 1.36. The second kappa shape index (κ2) is 19.0. The molecule has 0 aliphatic carbocycles. The molecule has 0 spiro atoms. The van der Waals surface area contributed by atoms with Crippen LogP contribution in [0.15, 0.2) is 23.7 Å². The van der Waals surface area contributed by atoms with Crippen LogP contribution in [0.25, 0.3) is 0 Å². The first-order chi connectivity index (χ1) is 9.02. The van der Waals surface area contributed by atoms with Gasteiger partial charge in [-0.2, -0.15) is 0 Å². The molecular formula is C14H25NO5Zn. The fourth-order valence-electron chi connectivity index (χ4n) is 0.772. The molecule has 118 valence electrons. The molecule has 0 atom stereocenters. The maximum Gasteiger partial charge on any atom is 2.00 e. The summed E-state index contributed by atoms with van der Waals surface area (Å²) in [5, 5.41) is 28.2. The first kappa shape index (κ1) is 28.2. The monoisotopic (exact) mass is 351 g/mol. The minimum Gasteiger partial charge on any atom is -0.876 e. The van der Waals surface area contributed by atoms with Crippen molar-refractivity contribution in [2.24, 2.45) is 0 Å². The predicted octanol–water partition coefficient (Wildman–Crippen LogP) is -0.783. The first-order valence-corrected chi connectivity index (χ1v) is 6.00. The van der Waals surface area contributed by atoms with Gasteiger partial charge in [-0.3, -0.25) is 9.59 Å². The van der Waals surface area contributed by atoms with E-state index in [0.717, 1.165) is 18.7 Å². The van der Waals surface area contributed by atoms with Gasteiger partial charge < -0.3 is 20.2 Å². The number of hydrogen-bond acceptors (Lipinski definition) is 6. The standard InChI is InChI=1S/2C5H8O2.C4H11NO.Zn/c2*1-4(6)3-5(2)7;1-5(2)3-4-6;/h2*3,6H,1-2H3;6H,3-4H2,1-2H3;/q;;;+2/p-2/b2*4-3-;;. The van der Waals surface area contributed by atoms with Crippen LogP contribution in [0.2, 0.25) is 0 Å². The fraction of sp³-hybridized carbons (Fsp3) is 0.571. The third kappa shape index (κ3) is 55.0. The van der Waals surface area contributed by atoms with Gasteiger partial charge in [-0.1, -0.05) is 13.8 Å². The van der Waals surface area contributed by atoms with Crippen LogP contribution in [0.3, 0.4) is 0 Å². The number of nitrogens with zero attached hydrogens (tertiary/aromatic N) is 1. The average Bonchev–Trinajstić information content (AvgIpc) is 2.13. The Balaban J connectivity index is -0.000000101. The topological polar surface area (TPSA) is 104 Å². The Morgan fingerprint density at radius 3 is 1.24 bits per heavy atom. The minimum atomic E-state index is -0.187. The molecule has 0 fully saturated rings. The molecule has 0 saturated heterocycles. The van der Waals surface area contributed by atoms with Crippen molar-refractivity contribution in [2.45, 2.75) is 27.7 Å². The SMILES string of the molecule is CC(=O)/C=C(/C)[O-].CC(=O)/C=C(/C)[O-].CN(C)CCO.[Zn+2]. The Morgan fingerprint density at radius 2 is 1.24 bits per heavy atom. The number of rotatable bonds is 4. The molecule has 1 N–H and O–H groups in total. The first-order valence-electron chi connectivity index (χ1n) is 6.00. The van der Waals surface area contributed by atoms with Crippen molar-refractivity contribution in [2.75, 3.05) is 27.2 Å². The predicted molar refractivity (Wildman–Crippen MR) is 74.5 cm³/mol. The molecular weight excluding hydrogens is 328 g/mol. The quantitative estimate of drug-likeness (QED) is 0.404. The zero-order valence-corrected chi connectivity index (χ0v) is 16.8. The van der Waals surface area contributed by atoms with Gasteiger partial charge in [0.15, 0.2) is 11.6 Å². The summed E-state index contributed by atoms with van der Waals surface area (Å²) >= 11 is 0. The van der Waals surface area contributed by atoms with Gasteiger partial charge in [-0.05, 0) is 40.1 Å². The molecule has 0 heterocycles. The maximum absolute atomic E-state index is 9.98. The third-order valence-electron chi connectivity index (χ3n) is 1.36. The Bertz CT molecular complexity index is 302. The zero-order valence-electron chi connectivity index (χ0n) is 13.8. The Morgan fingerprint density at radius 1 is 0.952 bits per heavy atom. The molecule has 0 aromatic rings. The van der Waals surface area contributed by atoms with Crippen LogP contribution in [-0.2, 0) is 29.1 Å². The van der Waals surface area contributed by atoms with Crippen molar-refractivity contribution >= 4 is 11.6 Å². The summed E-state index contributed by atoms with van der Waals surface area (Å²) < 4.78 is 0. The van der Waals surface area contributed by atoms with Gasteiger partial charge >= 0.3 is 19.5 Å². The molecule has 0 radical (unpaired) electrons. The van der Waals surface area contributed by atoms with E-state index >= 15 is 0 Å². The smallest absolute Gasteiger partial charge is 0.876 e. The second-order valence-corrected chi connectivity index (χ2v) is 4.26. The van der Waals surface area contributed by atoms with Crippen molar-refractivity contribution in [1.29, 1.82) is 0 Å². The summed E-state index contributed by atoms with van der Waals surface area (Å²) in [7, 11) is 3.85. The van der Waals surface area contributed by atoms with Crippen LogP contribution in [0.1, 0.15) is 27.7 Å².